The molecule has 2 atom stereocenters. The fraction of sp³-hybridized carbons (Fsp3) is 0.611. The normalized spacial score (nSPS) is 23.3. The lowest BCUT2D eigenvalue weighted by atomic mass is 9.85. The maximum absolute atomic E-state index is 12.7. The summed E-state index contributed by atoms with van der Waals surface area (Å²) in [5.41, 5.74) is 0. The van der Waals surface area contributed by atoms with Gasteiger partial charge in [0.25, 0.3) is 5.91 Å². The van der Waals surface area contributed by atoms with Crippen LogP contribution in [-0.4, -0.2) is 43.2 Å². The molecule has 2 fully saturated rings. The van der Waals surface area contributed by atoms with Crippen LogP contribution in [0.2, 0.25) is 10.0 Å². The molecule has 0 radical (unpaired) electrons. The van der Waals surface area contributed by atoms with Crippen molar-refractivity contribution in [2.75, 3.05) is 26.3 Å². The van der Waals surface area contributed by atoms with Crippen molar-refractivity contribution in [2.45, 2.75) is 32.3 Å². The maximum atomic E-state index is 12.7. The Labute approximate surface area is 153 Å². The first-order chi connectivity index (χ1) is 11.5. The minimum atomic E-state index is -0.548. The summed E-state index contributed by atoms with van der Waals surface area (Å²) >= 11 is 12.0. The summed E-state index contributed by atoms with van der Waals surface area (Å²) in [4.78, 5) is 14.6. The number of amides is 1. The van der Waals surface area contributed by atoms with Crippen LogP contribution in [0.5, 0.6) is 5.75 Å². The highest BCUT2D eigenvalue weighted by atomic mass is 35.5. The molecule has 0 spiro atoms. The van der Waals surface area contributed by atoms with E-state index in [-0.39, 0.29) is 5.91 Å². The van der Waals surface area contributed by atoms with E-state index in [2.05, 4.69) is 0 Å². The van der Waals surface area contributed by atoms with E-state index in [1.165, 1.54) is 0 Å². The van der Waals surface area contributed by atoms with Crippen LogP contribution in [0.15, 0.2) is 18.2 Å². The van der Waals surface area contributed by atoms with Crippen LogP contribution in [0.25, 0.3) is 0 Å². The van der Waals surface area contributed by atoms with Crippen LogP contribution in [0.4, 0.5) is 0 Å². The summed E-state index contributed by atoms with van der Waals surface area (Å²) in [7, 11) is 0. The van der Waals surface area contributed by atoms with Gasteiger partial charge in [0.05, 0.1) is 0 Å². The Kier molecular flexibility index (Phi) is 5.90. The Balaban J connectivity index is 1.55. The molecule has 24 heavy (non-hydrogen) atoms. The van der Waals surface area contributed by atoms with Gasteiger partial charge in [0.2, 0.25) is 0 Å². The van der Waals surface area contributed by atoms with Gasteiger partial charge in [0.15, 0.2) is 6.10 Å². The van der Waals surface area contributed by atoms with Crippen molar-refractivity contribution in [3.8, 4) is 5.75 Å². The average molecular weight is 372 g/mol. The molecular weight excluding hydrogens is 349 g/mol. The highest BCUT2D eigenvalue weighted by molar-refractivity contribution is 6.34. The van der Waals surface area contributed by atoms with Gasteiger partial charge in [-0.25, -0.2) is 0 Å². The molecule has 1 aromatic carbocycles. The zero-order valence-electron chi connectivity index (χ0n) is 13.8. The predicted octanol–water partition coefficient (Wildman–Crippen LogP) is 4.04. The third-order valence-electron chi connectivity index (χ3n) is 4.97. The molecule has 2 saturated heterocycles. The molecule has 0 unspecified atom stereocenters. The fourth-order valence-electron chi connectivity index (χ4n) is 3.67. The zero-order valence-corrected chi connectivity index (χ0v) is 15.4. The van der Waals surface area contributed by atoms with Gasteiger partial charge in [-0.1, -0.05) is 23.2 Å². The van der Waals surface area contributed by atoms with Gasteiger partial charge in [-0.2, -0.15) is 0 Å². The maximum Gasteiger partial charge on any atom is 0.263 e. The van der Waals surface area contributed by atoms with Crippen molar-refractivity contribution in [1.29, 1.82) is 0 Å². The molecule has 0 aromatic heterocycles. The molecule has 0 saturated carbocycles. The molecule has 2 aliphatic heterocycles. The number of hydrogen-bond acceptors (Lipinski definition) is 3. The van der Waals surface area contributed by atoms with E-state index in [0.29, 0.717) is 27.6 Å². The molecule has 3 rings (SSSR count). The van der Waals surface area contributed by atoms with Gasteiger partial charge in [0, 0.05) is 36.3 Å². The molecule has 1 amide bonds. The molecule has 1 aromatic rings. The number of nitrogens with zero attached hydrogens (tertiary/aromatic N) is 1. The number of ether oxygens (including phenoxy) is 2. The summed E-state index contributed by atoms with van der Waals surface area (Å²) in [6, 6.07) is 4.99. The summed E-state index contributed by atoms with van der Waals surface area (Å²) in [5, 5.41) is 0.996. The monoisotopic (exact) mass is 371 g/mol. The van der Waals surface area contributed by atoms with E-state index >= 15 is 0 Å². The molecule has 132 valence electrons. The fourth-order valence-corrected chi connectivity index (χ4v) is 4.17. The van der Waals surface area contributed by atoms with E-state index in [0.717, 1.165) is 45.6 Å². The quantitative estimate of drug-likeness (QED) is 0.801. The lowest BCUT2D eigenvalue weighted by Crippen LogP contribution is -2.39. The predicted molar refractivity (Wildman–Crippen MR) is 94.8 cm³/mol. The minimum absolute atomic E-state index is 0.0284. The third kappa shape index (κ3) is 4.35. The van der Waals surface area contributed by atoms with Crippen LogP contribution in [-0.2, 0) is 9.53 Å². The summed E-state index contributed by atoms with van der Waals surface area (Å²) < 4.78 is 11.2. The Morgan fingerprint density at radius 1 is 1.17 bits per heavy atom. The van der Waals surface area contributed by atoms with Gasteiger partial charge in [-0.3, -0.25) is 4.79 Å². The van der Waals surface area contributed by atoms with Crippen molar-refractivity contribution in [1.82, 2.24) is 4.90 Å². The molecule has 2 heterocycles. The van der Waals surface area contributed by atoms with E-state index < -0.39 is 6.10 Å². The van der Waals surface area contributed by atoms with Gasteiger partial charge < -0.3 is 14.4 Å². The second-order valence-electron chi connectivity index (χ2n) is 6.65. The largest absolute Gasteiger partial charge is 0.481 e. The van der Waals surface area contributed by atoms with Gasteiger partial charge in [-0.05, 0) is 56.2 Å². The lowest BCUT2D eigenvalue weighted by molar-refractivity contribution is -0.137. The van der Waals surface area contributed by atoms with Crippen LogP contribution < -0.4 is 4.74 Å². The van der Waals surface area contributed by atoms with Gasteiger partial charge in [0.1, 0.15) is 5.75 Å². The molecule has 0 N–H and O–H groups in total. The number of carbonyl (C=O) groups excluding carboxylic acids is 1. The third-order valence-corrected chi connectivity index (χ3v) is 5.40. The van der Waals surface area contributed by atoms with E-state index in [9.17, 15) is 4.79 Å². The number of rotatable bonds is 4. The number of hydrogen-bond donors (Lipinski definition) is 0. The van der Waals surface area contributed by atoms with Gasteiger partial charge >= 0.3 is 0 Å². The Morgan fingerprint density at radius 3 is 2.50 bits per heavy atom. The van der Waals surface area contributed by atoms with E-state index in [1.807, 2.05) is 4.90 Å². The summed E-state index contributed by atoms with van der Waals surface area (Å²) in [6.07, 6.45) is 2.75. The molecule has 2 aliphatic rings. The Hall–Kier alpha value is -0.970. The second-order valence-corrected chi connectivity index (χ2v) is 7.52. The van der Waals surface area contributed by atoms with E-state index in [4.69, 9.17) is 32.7 Å². The smallest absolute Gasteiger partial charge is 0.263 e. The topological polar surface area (TPSA) is 38.8 Å². The summed E-state index contributed by atoms with van der Waals surface area (Å²) in [6.45, 7) is 5.12. The first-order valence-electron chi connectivity index (χ1n) is 8.52. The van der Waals surface area contributed by atoms with Gasteiger partial charge in [-0.15, -0.1) is 0 Å². The number of halogens is 2. The van der Waals surface area contributed by atoms with Crippen molar-refractivity contribution >= 4 is 29.1 Å². The van der Waals surface area contributed by atoms with Crippen LogP contribution in [0.3, 0.4) is 0 Å². The second kappa shape index (κ2) is 7.94. The van der Waals surface area contributed by atoms with Crippen LogP contribution >= 0.6 is 23.2 Å². The van der Waals surface area contributed by atoms with E-state index in [1.54, 1.807) is 25.1 Å². The molecule has 0 aliphatic carbocycles. The van der Waals surface area contributed by atoms with Crippen molar-refractivity contribution in [2.24, 2.45) is 11.8 Å². The molecule has 0 bridgehead atoms. The molecule has 4 nitrogen and oxygen atoms in total. The average Bonchev–Trinajstić information content (AvgIpc) is 3.04. The van der Waals surface area contributed by atoms with Crippen LogP contribution in [0, 0.1) is 11.8 Å². The van der Waals surface area contributed by atoms with Crippen molar-refractivity contribution < 1.29 is 14.3 Å². The van der Waals surface area contributed by atoms with Crippen molar-refractivity contribution in [3.63, 3.8) is 0 Å². The number of benzene rings is 1. The first-order valence-corrected chi connectivity index (χ1v) is 9.28. The first kappa shape index (κ1) is 17.8. The number of carbonyl (C=O) groups is 1. The highest BCUT2D eigenvalue weighted by Crippen LogP contribution is 2.32. The summed E-state index contributed by atoms with van der Waals surface area (Å²) in [5.74, 6) is 1.82. The Bertz CT molecular complexity index is 569. The molecular formula is C18H23Cl2NO3. The minimum Gasteiger partial charge on any atom is -0.481 e. The Morgan fingerprint density at radius 2 is 1.83 bits per heavy atom. The highest BCUT2D eigenvalue weighted by Gasteiger charge is 2.34. The lowest BCUT2D eigenvalue weighted by Gasteiger charge is -2.28. The van der Waals surface area contributed by atoms with Crippen LogP contribution in [0.1, 0.15) is 26.2 Å². The SMILES string of the molecule is C[C@H](Oc1cc(Cl)cc(Cl)c1)C(=O)N1CC[C@@H](C2CCOCC2)C1. The standard InChI is InChI=1S/C18H23Cl2NO3/c1-12(24-17-9-15(19)8-16(20)10-17)18(22)21-5-2-14(11-21)13-3-6-23-7-4-13/h8-10,12-14H,2-7,11H2,1H3/t12-,14+/m0/s1. The van der Waals surface area contributed by atoms with Crippen molar-refractivity contribution in [3.05, 3.63) is 28.2 Å². The molecule has 6 heteroatoms. The number of likely N-dealkylation sites (tertiary alicyclic amines) is 1. The zero-order chi connectivity index (χ0) is 17.1.